The molecule has 2 aliphatic heterocycles. The third-order valence-electron chi connectivity index (χ3n) is 10.5. The average molecular weight is 1050 g/mol. The van der Waals surface area contributed by atoms with Crippen molar-refractivity contribution in [1.82, 2.24) is 38.6 Å². The number of alkyl halides is 4. The third kappa shape index (κ3) is 12.6. The first-order valence-electron chi connectivity index (χ1n) is 20.4. The molecule has 0 radical (unpaired) electrons. The minimum Gasteiger partial charge on any atom is -0.415 e. The van der Waals surface area contributed by atoms with Crippen molar-refractivity contribution in [3.8, 4) is 22.9 Å². The van der Waals surface area contributed by atoms with Crippen LogP contribution in [0.2, 0.25) is 0 Å². The minimum absolute atomic E-state index is 0. The van der Waals surface area contributed by atoms with Crippen LogP contribution in [0.25, 0.3) is 22.9 Å². The van der Waals surface area contributed by atoms with Gasteiger partial charge in [0, 0.05) is 74.6 Å². The van der Waals surface area contributed by atoms with E-state index in [-0.39, 0.29) is 91.4 Å². The number of piperazine rings is 2. The van der Waals surface area contributed by atoms with Crippen molar-refractivity contribution < 1.29 is 60.4 Å². The summed E-state index contributed by atoms with van der Waals surface area (Å²) < 4.78 is 174. The number of nitrogens with one attached hydrogen (secondary N) is 1. The van der Waals surface area contributed by atoms with Gasteiger partial charge >= 0.3 is 33.3 Å². The number of rotatable bonds is 15. The Kier molecular flexibility index (Phi) is 17.1. The molecule has 2 aliphatic rings. The Balaban J connectivity index is 0.000000225. The first-order chi connectivity index (χ1) is 32.3. The monoisotopic (exact) mass is 1050 g/mol. The van der Waals surface area contributed by atoms with Crippen LogP contribution < -0.4 is 13.9 Å². The van der Waals surface area contributed by atoms with Crippen LogP contribution >= 0.6 is 12.4 Å². The second-order valence-corrected chi connectivity index (χ2v) is 20.7. The van der Waals surface area contributed by atoms with Crippen molar-refractivity contribution >= 4 is 54.2 Å². The maximum Gasteiger partial charge on any atom is 0.314 e. The molecule has 0 saturated carbocycles. The predicted molar refractivity (Wildman–Crippen MR) is 242 cm³/mol. The number of anilines is 2. The molecule has 1 N–H and O–H groups in total. The molecule has 8 rings (SSSR count). The number of sulfonamides is 1. The van der Waals surface area contributed by atoms with Crippen molar-refractivity contribution in [2.75, 3.05) is 67.2 Å². The zero-order chi connectivity index (χ0) is 48.8. The Bertz CT molecular complexity index is 3010. The molecule has 372 valence electrons. The molecule has 6 aromatic rings. The lowest BCUT2D eigenvalue weighted by Gasteiger charge is -2.36. The maximum absolute atomic E-state index is 15.0. The number of hydrogen-bond donors (Lipinski definition) is 1. The number of hydrogen-bond acceptors (Lipinski definition) is 13. The largest absolute Gasteiger partial charge is 0.415 e. The van der Waals surface area contributed by atoms with E-state index in [0.717, 1.165) is 31.3 Å². The highest BCUT2D eigenvalue weighted by atomic mass is 35.5. The molecule has 4 heterocycles. The fourth-order valence-corrected chi connectivity index (χ4v) is 11.0. The molecule has 0 unspecified atom stereocenters. The molecular formula is C41H43ClF6N10O8S3. The Morgan fingerprint density at radius 1 is 0.565 bits per heavy atom. The zero-order valence-electron chi connectivity index (χ0n) is 36.2. The first-order valence-corrected chi connectivity index (χ1v) is 25.1. The molecule has 0 amide bonds. The van der Waals surface area contributed by atoms with E-state index in [2.05, 4.69) is 25.7 Å². The summed E-state index contributed by atoms with van der Waals surface area (Å²) in [6, 6.07) is 24.0. The van der Waals surface area contributed by atoms with Gasteiger partial charge in [-0.1, -0.05) is 48.5 Å². The molecule has 2 fully saturated rings. The number of aromatic nitrogens is 4. The van der Waals surface area contributed by atoms with E-state index in [0.29, 0.717) is 31.9 Å². The van der Waals surface area contributed by atoms with E-state index < -0.39 is 66.7 Å². The van der Waals surface area contributed by atoms with Gasteiger partial charge in [-0.15, -0.1) is 32.8 Å². The summed E-state index contributed by atoms with van der Waals surface area (Å²) in [6.07, 6.45) is -4.85. The fraction of sp³-hybridized carbons (Fsp3) is 0.317. The van der Waals surface area contributed by atoms with E-state index in [1.807, 2.05) is 0 Å². The Labute approximate surface area is 399 Å². The van der Waals surface area contributed by atoms with Gasteiger partial charge in [0.1, 0.15) is 11.6 Å². The molecule has 0 atom stereocenters. The zero-order valence-corrected chi connectivity index (χ0v) is 39.4. The van der Waals surface area contributed by atoms with Gasteiger partial charge in [0.25, 0.3) is 11.8 Å². The first kappa shape index (κ1) is 52.7. The predicted octanol–water partition coefficient (Wildman–Crippen LogP) is 6.03. The summed E-state index contributed by atoms with van der Waals surface area (Å²) in [5.74, 6) is -3.84. The molecule has 18 nitrogen and oxygen atoms in total. The summed E-state index contributed by atoms with van der Waals surface area (Å²) in [5.41, 5.74) is 0.959. The molecule has 69 heavy (non-hydrogen) atoms. The van der Waals surface area contributed by atoms with Crippen LogP contribution in [0.5, 0.6) is 0 Å². The van der Waals surface area contributed by atoms with Crippen LogP contribution in [0.15, 0.2) is 106 Å². The number of halogens is 7. The number of para-hydroxylation sites is 2. The van der Waals surface area contributed by atoms with Gasteiger partial charge in [-0.25, -0.2) is 17.2 Å². The van der Waals surface area contributed by atoms with Crippen LogP contribution in [0.3, 0.4) is 0 Å². The molecule has 28 heteroatoms. The van der Waals surface area contributed by atoms with E-state index in [1.165, 1.54) is 32.9 Å². The standard InChI is InChI=1S/C21H22F3N5O5S2.C20H20F3N5O3S.ClH/c1-35(30,31)27-9-11-28(12-10-27)36(32,33)29(17-5-3-2-4-6-17)14-16-8-7-15(13-18(16)22)20-25-26-21(34-20)19(23)24;21-17-12-14(19-25-26-20(31-19)18(22)23)6-7-15(17)13-28(16-4-2-1-3-5-16)32(29,30)27-10-8-24-9-11-27;/h2-8,13,19H,9-12,14H2,1H3;1-7,12,18,24H,8-11,13H2;1H. The maximum atomic E-state index is 15.0. The topological polar surface area (TPSA) is 208 Å². The van der Waals surface area contributed by atoms with Gasteiger partial charge in [-0.2, -0.15) is 47.3 Å². The van der Waals surface area contributed by atoms with Gasteiger partial charge in [0.05, 0.1) is 30.7 Å². The van der Waals surface area contributed by atoms with E-state index in [9.17, 15) is 47.2 Å². The smallest absolute Gasteiger partial charge is 0.314 e. The highest BCUT2D eigenvalue weighted by molar-refractivity contribution is 7.90. The molecule has 0 spiro atoms. The van der Waals surface area contributed by atoms with Crippen molar-refractivity contribution in [2.45, 2.75) is 25.9 Å². The van der Waals surface area contributed by atoms with Crippen LogP contribution in [-0.4, -0.2) is 117 Å². The van der Waals surface area contributed by atoms with Crippen LogP contribution in [0.4, 0.5) is 37.7 Å². The number of nitrogens with zero attached hydrogens (tertiary/aromatic N) is 9. The quantitative estimate of drug-likeness (QED) is 0.117. The summed E-state index contributed by atoms with van der Waals surface area (Å²) in [5, 5.41) is 16.5. The minimum atomic E-state index is -4.18. The van der Waals surface area contributed by atoms with Crippen molar-refractivity contribution in [2.24, 2.45) is 0 Å². The average Bonchev–Trinajstić information content (AvgIpc) is 4.04. The van der Waals surface area contributed by atoms with E-state index >= 15 is 4.39 Å². The second kappa shape index (κ2) is 22.4. The molecule has 0 bridgehead atoms. The Morgan fingerprint density at radius 2 is 0.942 bits per heavy atom. The number of benzene rings is 4. The molecule has 2 aromatic heterocycles. The van der Waals surface area contributed by atoms with Gasteiger partial charge < -0.3 is 14.2 Å². The third-order valence-corrected chi connectivity index (χ3v) is 15.7. The van der Waals surface area contributed by atoms with Crippen LogP contribution in [0.1, 0.15) is 35.8 Å². The van der Waals surface area contributed by atoms with Crippen LogP contribution in [0, 0.1) is 11.6 Å². The molecule has 2 saturated heterocycles. The molecular weight excluding hydrogens is 1010 g/mol. The SMILES string of the molecule is CS(=O)(=O)N1CCN(S(=O)(=O)N(Cc2ccc(-c3nnc(C(F)F)o3)cc2F)c2ccccc2)CC1.Cl.O=S(=O)(N1CCNCC1)N(Cc1ccc(-c2nnc(C(F)F)o2)cc1F)c1ccccc1. The second-order valence-electron chi connectivity index (χ2n) is 15.0. The Hall–Kier alpha value is -5.68. The highest BCUT2D eigenvalue weighted by Gasteiger charge is 2.36. The molecule has 4 aromatic carbocycles. The highest BCUT2D eigenvalue weighted by Crippen LogP contribution is 2.31. The van der Waals surface area contributed by atoms with E-state index in [1.54, 1.807) is 60.7 Å². The Morgan fingerprint density at radius 3 is 1.29 bits per heavy atom. The van der Waals surface area contributed by atoms with Crippen molar-refractivity contribution in [3.05, 3.63) is 132 Å². The summed E-state index contributed by atoms with van der Waals surface area (Å²) in [7, 11) is -11.6. The van der Waals surface area contributed by atoms with Gasteiger partial charge in [-0.3, -0.25) is 8.61 Å². The van der Waals surface area contributed by atoms with Crippen molar-refractivity contribution in [3.63, 3.8) is 0 Å². The lowest BCUT2D eigenvalue weighted by Crippen LogP contribution is -2.54. The lowest BCUT2D eigenvalue weighted by atomic mass is 10.1. The van der Waals surface area contributed by atoms with Crippen LogP contribution in [-0.2, 0) is 43.5 Å². The summed E-state index contributed by atoms with van der Waals surface area (Å²) >= 11 is 0. The summed E-state index contributed by atoms with van der Waals surface area (Å²) in [6.45, 7) is 0.876. The summed E-state index contributed by atoms with van der Waals surface area (Å²) in [4.78, 5) is 0. The molecule has 0 aliphatic carbocycles. The van der Waals surface area contributed by atoms with Gasteiger partial charge in [0.15, 0.2) is 0 Å². The fourth-order valence-electron chi connectivity index (χ4n) is 6.99. The van der Waals surface area contributed by atoms with Crippen molar-refractivity contribution in [1.29, 1.82) is 0 Å². The van der Waals surface area contributed by atoms with E-state index in [4.69, 9.17) is 8.83 Å². The van der Waals surface area contributed by atoms with Gasteiger partial charge in [0.2, 0.25) is 21.8 Å². The lowest BCUT2D eigenvalue weighted by molar-refractivity contribution is 0.115. The normalized spacial score (nSPS) is 15.4. The van der Waals surface area contributed by atoms with Gasteiger partial charge in [-0.05, 0) is 48.5 Å².